The van der Waals surface area contributed by atoms with Crippen molar-refractivity contribution in [1.82, 2.24) is 14.0 Å². The van der Waals surface area contributed by atoms with E-state index in [2.05, 4.69) is 11.4 Å². The van der Waals surface area contributed by atoms with Gasteiger partial charge in [-0.3, -0.25) is 13.9 Å². The molecule has 0 aliphatic carbocycles. The summed E-state index contributed by atoms with van der Waals surface area (Å²) >= 11 is 1.69. The van der Waals surface area contributed by atoms with Gasteiger partial charge < -0.3 is 4.90 Å². The molecule has 1 aliphatic rings. The number of hydrogen-bond donors (Lipinski definition) is 0. The maximum atomic E-state index is 13.0. The molecule has 3 heterocycles. The molecule has 0 N–H and O–H groups in total. The van der Waals surface area contributed by atoms with E-state index in [1.807, 2.05) is 42.2 Å². The zero-order chi connectivity index (χ0) is 17.4. The van der Waals surface area contributed by atoms with Crippen LogP contribution in [0.3, 0.4) is 0 Å². The maximum absolute atomic E-state index is 13.0. The maximum Gasteiger partial charge on any atom is 0.329 e. The molecule has 2 aromatic heterocycles. The smallest absolute Gasteiger partial charge is 0.329 e. The van der Waals surface area contributed by atoms with Gasteiger partial charge in [-0.05, 0) is 43.3 Å². The number of para-hydroxylation sites is 2. The normalized spacial score (nSPS) is 17.5. The number of thiophene rings is 1. The molecule has 0 spiro atoms. The number of carbonyl (C=O) groups is 1. The van der Waals surface area contributed by atoms with Gasteiger partial charge in [0.1, 0.15) is 6.54 Å². The van der Waals surface area contributed by atoms with Crippen LogP contribution in [0.25, 0.3) is 11.0 Å². The molecule has 0 radical (unpaired) electrons. The quantitative estimate of drug-likeness (QED) is 0.721. The number of aryl methyl sites for hydroxylation is 1. The molecule has 3 aromatic rings. The molecule has 25 heavy (non-hydrogen) atoms. The first kappa shape index (κ1) is 16.1. The van der Waals surface area contributed by atoms with Crippen LogP contribution in [0.5, 0.6) is 0 Å². The Morgan fingerprint density at radius 1 is 1.16 bits per heavy atom. The van der Waals surface area contributed by atoms with Crippen LogP contribution in [0.4, 0.5) is 0 Å². The Bertz CT molecular complexity index is 955. The largest absolute Gasteiger partial charge is 0.333 e. The summed E-state index contributed by atoms with van der Waals surface area (Å²) in [5, 5.41) is 2.05. The Kier molecular flexibility index (Phi) is 4.21. The fraction of sp³-hybridized carbons (Fsp3) is 0.368. The SMILES string of the molecule is CCn1c(=O)n(CC(=O)N2CCCC2c2cccs2)c2ccccc21. The number of carbonyl (C=O) groups excluding carboxylic acids is 1. The van der Waals surface area contributed by atoms with E-state index in [1.165, 1.54) is 4.88 Å². The molecule has 130 valence electrons. The number of amides is 1. The lowest BCUT2D eigenvalue weighted by Crippen LogP contribution is -2.36. The molecule has 1 aliphatic heterocycles. The van der Waals surface area contributed by atoms with Crippen molar-refractivity contribution < 1.29 is 4.79 Å². The monoisotopic (exact) mass is 355 g/mol. The minimum absolute atomic E-state index is 0.0250. The van der Waals surface area contributed by atoms with Gasteiger partial charge in [-0.2, -0.15) is 0 Å². The van der Waals surface area contributed by atoms with E-state index >= 15 is 0 Å². The minimum atomic E-state index is -0.107. The first-order chi connectivity index (χ1) is 12.2. The molecular formula is C19H21N3O2S. The first-order valence-electron chi connectivity index (χ1n) is 8.71. The van der Waals surface area contributed by atoms with Crippen LogP contribution in [0, 0.1) is 0 Å². The Hall–Kier alpha value is -2.34. The van der Waals surface area contributed by atoms with Crippen LogP contribution < -0.4 is 5.69 Å². The average molecular weight is 355 g/mol. The van der Waals surface area contributed by atoms with Gasteiger partial charge in [0.2, 0.25) is 5.91 Å². The Morgan fingerprint density at radius 3 is 2.60 bits per heavy atom. The fourth-order valence-electron chi connectivity index (χ4n) is 3.80. The molecule has 1 atom stereocenters. The molecule has 1 unspecified atom stereocenters. The highest BCUT2D eigenvalue weighted by Gasteiger charge is 2.31. The zero-order valence-electron chi connectivity index (χ0n) is 14.2. The van der Waals surface area contributed by atoms with Crippen molar-refractivity contribution in [3.63, 3.8) is 0 Å². The fourth-order valence-corrected chi connectivity index (χ4v) is 4.67. The molecule has 5 nitrogen and oxygen atoms in total. The van der Waals surface area contributed by atoms with Crippen LogP contribution in [0.1, 0.15) is 30.7 Å². The summed E-state index contributed by atoms with van der Waals surface area (Å²) in [7, 11) is 0. The number of likely N-dealkylation sites (tertiary alicyclic amines) is 1. The second-order valence-corrected chi connectivity index (χ2v) is 7.34. The molecule has 4 rings (SSSR count). The van der Waals surface area contributed by atoms with Crippen molar-refractivity contribution in [2.45, 2.75) is 38.9 Å². The van der Waals surface area contributed by atoms with Gasteiger partial charge in [0.25, 0.3) is 0 Å². The summed E-state index contributed by atoms with van der Waals surface area (Å²) in [4.78, 5) is 28.9. The van der Waals surface area contributed by atoms with Crippen molar-refractivity contribution in [3.05, 3.63) is 57.1 Å². The molecule has 0 saturated carbocycles. The molecule has 1 aromatic carbocycles. The number of benzene rings is 1. The number of fused-ring (bicyclic) bond motifs is 1. The van der Waals surface area contributed by atoms with Crippen LogP contribution >= 0.6 is 11.3 Å². The molecule has 1 amide bonds. The average Bonchev–Trinajstić information content (AvgIpc) is 3.34. The predicted octanol–water partition coefficient (Wildman–Crippen LogP) is 3.25. The van der Waals surface area contributed by atoms with Crippen molar-refractivity contribution in [1.29, 1.82) is 0 Å². The first-order valence-corrected chi connectivity index (χ1v) is 9.59. The lowest BCUT2D eigenvalue weighted by molar-refractivity contribution is -0.132. The zero-order valence-corrected chi connectivity index (χ0v) is 15.0. The molecular weight excluding hydrogens is 334 g/mol. The number of rotatable bonds is 4. The van der Waals surface area contributed by atoms with Gasteiger partial charge >= 0.3 is 5.69 Å². The van der Waals surface area contributed by atoms with Crippen LogP contribution in [-0.2, 0) is 17.9 Å². The highest BCUT2D eigenvalue weighted by Crippen LogP contribution is 2.34. The van der Waals surface area contributed by atoms with Crippen LogP contribution in [-0.4, -0.2) is 26.5 Å². The number of imidazole rings is 1. The van der Waals surface area contributed by atoms with E-state index in [4.69, 9.17) is 0 Å². The van der Waals surface area contributed by atoms with Crippen molar-refractivity contribution in [2.24, 2.45) is 0 Å². The molecule has 1 fully saturated rings. The van der Waals surface area contributed by atoms with Crippen LogP contribution in [0.2, 0.25) is 0 Å². The van der Waals surface area contributed by atoms with E-state index in [9.17, 15) is 9.59 Å². The minimum Gasteiger partial charge on any atom is -0.333 e. The summed E-state index contributed by atoms with van der Waals surface area (Å²) < 4.78 is 3.34. The number of aromatic nitrogens is 2. The molecule has 1 saturated heterocycles. The summed E-state index contributed by atoms with van der Waals surface area (Å²) in [6, 6.07) is 12.0. The van der Waals surface area contributed by atoms with E-state index < -0.39 is 0 Å². The highest BCUT2D eigenvalue weighted by molar-refractivity contribution is 7.10. The number of nitrogens with zero attached hydrogens (tertiary/aromatic N) is 3. The lowest BCUT2D eigenvalue weighted by Gasteiger charge is -2.24. The third-order valence-corrected chi connectivity index (χ3v) is 5.95. The summed E-state index contributed by atoms with van der Waals surface area (Å²) in [5.74, 6) is 0.0250. The summed E-state index contributed by atoms with van der Waals surface area (Å²) in [5.41, 5.74) is 1.61. The lowest BCUT2D eigenvalue weighted by atomic mass is 10.2. The topological polar surface area (TPSA) is 47.2 Å². The second-order valence-electron chi connectivity index (χ2n) is 6.36. The third kappa shape index (κ3) is 2.70. The Labute approximate surface area is 150 Å². The van der Waals surface area contributed by atoms with E-state index in [0.717, 1.165) is 30.4 Å². The van der Waals surface area contributed by atoms with Gasteiger partial charge in [0.05, 0.1) is 17.1 Å². The number of hydrogen-bond acceptors (Lipinski definition) is 3. The van der Waals surface area contributed by atoms with E-state index in [1.54, 1.807) is 20.5 Å². The standard InChI is InChI=1S/C19H21N3O2S/c1-2-20-14-7-3-4-8-15(14)22(19(20)24)13-18(23)21-11-5-9-16(21)17-10-6-12-25-17/h3-4,6-8,10,12,16H,2,5,9,11,13H2,1H3. The Balaban J connectivity index is 1.66. The second kappa shape index (κ2) is 6.52. The summed E-state index contributed by atoms with van der Waals surface area (Å²) in [6.45, 7) is 3.42. The summed E-state index contributed by atoms with van der Waals surface area (Å²) in [6.07, 6.45) is 2.01. The van der Waals surface area contributed by atoms with Gasteiger partial charge in [0.15, 0.2) is 0 Å². The van der Waals surface area contributed by atoms with E-state index in [0.29, 0.717) is 6.54 Å². The van der Waals surface area contributed by atoms with Gasteiger partial charge in [0, 0.05) is 18.0 Å². The van der Waals surface area contributed by atoms with Gasteiger partial charge in [-0.25, -0.2) is 4.79 Å². The highest BCUT2D eigenvalue weighted by atomic mass is 32.1. The third-order valence-electron chi connectivity index (χ3n) is 4.98. The predicted molar refractivity (Wildman–Crippen MR) is 99.9 cm³/mol. The van der Waals surface area contributed by atoms with Gasteiger partial charge in [-0.1, -0.05) is 18.2 Å². The molecule has 6 heteroatoms. The Morgan fingerprint density at radius 2 is 1.92 bits per heavy atom. The molecule has 0 bridgehead atoms. The van der Waals surface area contributed by atoms with Crippen LogP contribution in [0.15, 0.2) is 46.6 Å². The van der Waals surface area contributed by atoms with E-state index in [-0.39, 0.29) is 24.2 Å². The van der Waals surface area contributed by atoms with Gasteiger partial charge in [-0.15, -0.1) is 11.3 Å². The van der Waals surface area contributed by atoms with Crippen molar-refractivity contribution >= 4 is 28.3 Å². The van der Waals surface area contributed by atoms with Crippen molar-refractivity contribution in [3.8, 4) is 0 Å². The van der Waals surface area contributed by atoms with Crippen molar-refractivity contribution in [2.75, 3.05) is 6.54 Å².